The molecule has 3 nitrogen and oxygen atoms in total. The highest BCUT2D eigenvalue weighted by atomic mass is 16.6. The van der Waals surface area contributed by atoms with Gasteiger partial charge in [-0.1, -0.05) is 0 Å². The predicted octanol–water partition coefficient (Wildman–Crippen LogP) is 0.584. The van der Waals surface area contributed by atoms with Gasteiger partial charge in [0.1, 0.15) is 0 Å². The molecule has 0 saturated carbocycles. The molecule has 3 heteroatoms. The zero-order chi connectivity index (χ0) is 7.49. The third kappa shape index (κ3) is 2.01. The Morgan fingerprint density at radius 2 is 1.78 bits per heavy atom. The van der Waals surface area contributed by atoms with Crippen molar-refractivity contribution in [1.82, 2.24) is 0 Å². The van der Waals surface area contributed by atoms with Gasteiger partial charge in [0.25, 0.3) is 0 Å². The normalized spacial score (nSPS) is 11.1. The minimum atomic E-state index is -0.811. The summed E-state index contributed by atoms with van der Waals surface area (Å²) >= 11 is 0. The molecule has 0 spiro atoms. The Kier molecular flexibility index (Phi) is 2.65. The number of carbonyl (C=O) groups excluding carboxylic acids is 1. The summed E-state index contributed by atoms with van der Waals surface area (Å²) in [6.07, 6.45) is 0. The van der Waals surface area contributed by atoms with Gasteiger partial charge in [-0.15, -0.1) is 0 Å². The monoisotopic (exact) mass is 132 g/mol. The summed E-state index contributed by atoms with van der Waals surface area (Å²) in [7, 11) is 2.81. The van der Waals surface area contributed by atoms with Gasteiger partial charge in [-0.05, 0) is 13.8 Å². The molecule has 0 radical (unpaired) electrons. The Morgan fingerprint density at radius 1 is 1.33 bits per heavy atom. The SMILES string of the molecule is COC(=O)C(C)(C)OC. The highest BCUT2D eigenvalue weighted by molar-refractivity contribution is 5.78. The van der Waals surface area contributed by atoms with Crippen molar-refractivity contribution in [3.63, 3.8) is 0 Å². The van der Waals surface area contributed by atoms with Crippen LogP contribution >= 0.6 is 0 Å². The van der Waals surface area contributed by atoms with Crippen molar-refractivity contribution in [3.05, 3.63) is 0 Å². The molecule has 0 unspecified atom stereocenters. The van der Waals surface area contributed by atoms with Gasteiger partial charge in [-0.25, -0.2) is 4.79 Å². The van der Waals surface area contributed by atoms with E-state index in [4.69, 9.17) is 4.74 Å². The van der Waals surface area contributed by atoms with Gasteiger partial charge in [-0.3, -0.25) is 0 Å². The topological polar surface area (TPSA) is 35.5 Å². The third-order valence-electron chi connectivity index (χ3n) is 1.19. The largest absolute Gasteiger partial charge is 0.467 e. The summed E-state index contributed by atoms with van der Waals surface area (Å²) < 4.78 is 9.26. The number of rotatable bonds is 2. The summed E-state index contributed by atoms with van der Waals surface area (Å²) in [4.78, 5) is 10.7. The second-order valence-electron chi connectivity index (χ2n) is 2.21. The summed E-state index contributed by atoms with van der Waals surface area (Å²) in [5.74, 6) is -0.356. The summed E-state index contributed by atoms with van der Waals surface area (Å²) in [6.45, 7) is 3.30. The lowest BCUT2D eigenvalue weighted by molar-refractivity contribution is -0.161. The van der Waals surface area contributed by atoms with Crippen LogP contribution in [0.25, 0.3) is 0 Å². The zero-order valence-corrected chi connectivity index (χ0v) is 6.22. The first-order valence-electron chi connectivity index (χ1n) is 2.68. The van der Waals surface area contributed by atoms with Gasteiger partial charge in [-0.2, -0.15) is 0 Å². The fourth-order valence-corrected chi connectivity index (χ4v) is 0.329. The van der Waals surface area contributed by atoms with Crippen LogP contribution in [0.4, 0.5) is 0 Å². The molecule has 0 N–H and O–H groups in total. The average molecular weight is 132 g/mol. The molecular formula is C6H12O3. The van der Waals surface area contributed by atoms with Crippen LogP contribution in [0.2, 0.25) is 0 Å². The van der Waals surface area contributed by atoms with Crippen LogP contribution in [-0.4, -0.2) is 25.8 Å². The second kappa shape index (κ2) is 2.82. The van der Waals surface area contributed by atoms with Crippen molar-refractivity contribution in [2.45, 2.75) is 19.4 Å². The van der Waals surface area contributed by atoms with E-state index in [1.54, 1.807) is 13.8 Å². The number of esters is 1. The maximum atomic E-state index is 10.7. The lowest BCUT2D eigenvalue weighted by Crippen LogP contribution is -2.34. The second-order valence-corrected chi connectivity index (χ2v) is 2.21. The minimum Gasteiger partial charge on any atom is -0.467 e. The van der Waals surface area contributed by atoms with Crippen molar-refractivity contribution in [3.8, 4) is 0 Å². The molecule has 0 rings (SSSR count). The lowest BCUT2D eigenvalue weighted by Gasteiger charge is -2.18. The summed E-state index contributed by atoms with van der Waals surface area (Å²) in [5, 5.41) is 0. The van der Waals surface area contributed by atoms with Crippen LogP contribution in [0.15, 0.2) is 0 Å². The van der Waals surface area contributed by atoms with Crippen LogP contribution in [0.5, 0.6) is 0 Å². The summed E-state index contributed by atoms with van der Waals surface area (Å²) in [5.41, 5.74) is -0.811. The molecule has 0 atom stereocenters. The summed E-state index contributed by atoms with van der Waals surface area (Å²) in [6, 6.07) is 0. The molecule has 0 aliphatic rings. The number of carbonyl (C=O) groups is 1. The molecule has 0 aliphatic carbocycles. The van der Waals surface area contributed by atoms with Crippen molar-refractivity contribution in [2.75, 3.05) is 14.2 Å². The minimum absolute atomic E-state index is 0.356. The van der Waals surface area contributed by atoms with Crippen LogP contribution in [-0.2, 0) is 14.3 Å². The molecule has 0 aliphatic heterocycles. The van der Waals surface area contributed by atoms with Crippen molar-refractivity contribution >= 4 is 5.97 Å². The van der Waals surface area contributed by atoms with Crippen molar-refractivity contribution < 1.29 is 14.3 Å². The molecule has 0 aromatic carbocycles. The van der Waals surface area contributed by atoms with Gasteiger partial charge in [0.2, 0.25) is 0 Å². The highest BCUT2D eigenvalue weighted by Crippen LogP contribution is 2.08. The fourth-order valence-electron chi connectivity index (χ4n) is 0.329. The first-order chi connectivity index (χ1) is 4.04. The smallest absolute Gasteiger partial charge is 0.337 e. The Hall–Kier alpha value is -0.570. The molecule has 0 saturated heterocycles. The van der Waals surface area contributed by atoms with Gasteiger partial charge >= 0.3 is 5.97 Å². The fraction of sp³-hybridized carbons (Fsp3) is 0.833. The van der Waals surface area contributed by atoms with Gasteiger partial charge in [0.05, 0.1) is 7.11 Å². The Labute approximate surface area is 55.0 Å². The van der Waals surface area contributed by atoms with Crippen LogP contribution < -0.4 is 0 Å². The maximum absolute atomic E-state index is 10.7. The van der Waals surface area contributed by atoms with Crippen LogP contribution in [0.3, 0.4) is 0 Å². The van der Waals surface area contributed by atoms with E-state index in [2.05, 4.69) is 4.74 Å². The van der Waals surface area contributed by atoms with E-state index in [0.29, 0.717) is 0 Å². The van der Waals surface area contributed by atoms with Crippen LogP contribution in [0.1, 0.15) is 13.8 Å². The van der Waals surface area contributed by atoms with Crippen molar-refractivity contribution in [1.29, 1.82) is 0 Å². The van der Waals surface area contributed by atoms with Gasteiger partial charge < -0.3 is 9.47 Å². The first-order valence-corrected chi connectivity index (χ1v) is 2.68. The highest BCUT2D eigenvalue weighted by Gasteiger charge is 2.27. The van der Waals surface area contributed by atoms with E-state index in [9.17, 15) is 4.79 Å². The molecule has 0 heterocycles. The van der Waals surface area contributed by atoms with E-state index < -0.39 is 5.60 Å². The Morgan fingerprint density at radius 3 is 1.89 bits per heavy atom. The molecule has 0 bridgehead atoms. The standard InChI is InChI=1S/C6H12O3/c1-6(2,9-4)5(7)8-3/h1-4H3. The zero-order valence-electron chi connectivity index (χ0n) is 6.22. The Balaban J connectivity index is 3.97. The van der Waals surface area contributed by atoms with E-state index in [1.165, 1.54) is 14.2 Å². The quantitative estimate of drug-likeness (QED) is 0.516. The van der Waals surface area contributed by atoms with Gasteiger partial charge in [0.15, 0.2) is 5.60 Å². The van der Waals surface area contributed by atoms with Gasteiger partial charge in [0, 0.05) is 7.11 Å². The van der Waals surface area contributed by atoms with E-state index in [-0.39, 0.29) is 5.97 Å². The predicted molar refractivity (Wildman–Crippen MR) is 33.1 cm³/mol. The number of ether oxygens (including phenoxy) is 2. The number of hydrogen-bond acceptors (Lipinski definition) is 3. The van der Waals surface area contributed by atoms with E-state index in [0.717, 1.165) is 0 Å². The first kappa shape index (κ1) is 8.43. The Bertz CT molecular complexity index is 107. The number of methoxy groups -OCH3 is 2. The average Bonchev–Trinajstić information content (AvgIpc) is 1.86. The molecule has 0 fully saturated rings. The van der Waals surface area contributed by atoms with Crippen LogP contribution in [0, 0.1) is 0 Å². The van der Waals surface area contributed by atoms with E-state index >= 15 is 0 Å². The maximum Gasteiger partial charge on any atom is 0.337 e. The molecule has 0 amide bonds. The third-order valence-corrected chi connectivity index (χ3v) is 1.19. The number of hydrogen-bond donors (Lipinski definition) is 0. The molecule has 54 valence electrons. The molecule has 0 aromatic heterocycles. The molecule has 9 heavy (non-hydrogen) atoms. The molecular weight excluding hydrogens is 120 g/mol. The molecule has 0 aromatic rings. The van der Waals surface area contributed by atoms with Crippen molar-refractivity contribution in [2.24, 2.45) is 0 Å². The lowest BCUT2D eigenvalue weighted by atomic mass is 10.1. The van der Waals surface area contributed by atoms with E-state index in [1.807, 2.05) is 0 Å².